The molecule has 0 fully saturated rings. The van der Waals surface area contributed by atoms with Crippen molar-refractivity contribution in [1.82, 2.24) is 15.2 Å². The van der Waals surface area contributed by atoms with Gasteiger partial charge >= 0.3 is 0 Å². The highest BCUT2D eigenvalue weighted by atomic mass is 15.2. The highest BCUT2D eigenvalue weighted by molar-refractivity contribution is 5.84. The second-order valence-corrected chi connectivity index (χ2v) is 7.76. The second kappa shape index (κ2) is 9.28. The van der Waals surface area contributed by atoms with Gasteiger partial charge in [-0.2, -0.15) is 0 Å². The topological polar surface area (TPSA) is 54.2 Å². The molecule has 4 rings (SSSR count). The molecule has 0 bridgehead atoms. The Hall–Kier alpha value is -2.27. The average Bonchev–Trinajstić information content (AvgIpc) is 2.74. The lowest BCUT2D eigenvalue weighted by atomic mass is 9.95. The van der Waals surface area contributed by atoms with Crippen LogP contribution in [-0.4, -0.2) is 35.6 Å². The predicted octanol–water partition coefficient (Wildman–Crippen LogP) is 3.49. The van der Waals surface area contributed by atoms with Crippen molar-refractivity contribution >= 4 is 10.8 Å². The molecule has 3 N–H and O–H groups in total. The van der Waals surface area contributed by atoms with E-state index >= 15 is 0 Å². The van der Waals surface area contributed by atoms with Gasteiger partial charge in [-0.25, -0.2) is 0 Å². The first-order valence-corrected chi connectivity index (χ1v) is 10.4. The number of aromatic nitrogens is 1. The minimum atomic E-state index is 0.475. The fraction of sp³-hybridized carbons (Fsp3) is 0.375. The summed E-state index contributed by atoms with van der Waals surface area (Å²) >= 11 is 0. The minimum Gasteiger partial charge on any atom is -0.330 e. The van der Waals surface area contributed by atoms with Crippen LogP contribution in [0.2, 0.25) is 0 Å². The Morgan fingerprint density at radius 2 is 1.82 bits per heavy atom. The van der Waals surface area contributed by atoms with Crippen molar-refractivity contribution in [3.05, 3.63) is 77.6 Å². The molecule has 1 aliphatic rings. The number of hydrogen-bond acceptors (Lipinski definition) is 4. The van der Waals surface area contributed by atoms with E-state index in [2.05, 4.69) is 64.8 Å². The van der Waals surface area contributed by atoms with Crippen LogP contribution in [0.1, 0.15) is 29.7 Å². The van der Waals surface area contributed by atoms with Gasteiger partial charge in [0.1, 0.15) is 0 Å². The summed E-state index contributed by atoms with van der Waals surface area (Å²) in [6.07, 6.45) is 5.22. The van der Waals surface area contributed by atoms with Gasteiger partial charge in [0, 0.05) is 37.3 Å². The molecule has 0 amide bonds. The molecule has 4 heteroatoms. The van der Waals surface area contributed by atoms with Crippen molar-refractivity contribution in [3.8, 4) is 0 Å². The van der Waals surface area contributed by atoms with E-state index in [0.29, 0.717) is 6.04 Å². The smallest absolute Gasteiger partial charge is 0.0622 e. The molecule has 2 heterocycles. The van der Waals surface area contributed by atoms with Crippen LogP contribution < -0.4 is 11.1 Å². The summed E-state index contributed by atoms with van der Waals surface area (Å²) in [6, 6.07) is 19.9. The first-order valence-electron chi connectivity index (χ1n) is 10.4. The van der Waals surface area contributed by atoms with Crippen LogP contribution in [0.15, 0.2) is 60.8 Å². The fourth-order valence-corrected chi connectivity index (χ4v) is 4.20. The Labute approximate surface area is 167 Å². The Morgan fingerprint density at radius 3 is 2.71 bits per heavy atom. The summed E-state index contributed by atoms with van der Waals surface area (Å²) in [7, 11) is 0. The number of benzene rings is 2. The highest BCUT2D eigenvalue weighted by Crippen LogP contribution is 2.20. The third kappa shape index (κ3) is 4.58. The van der Waals surface area contributed by atoms with Crippen LogP contribution in [0.3, 0.4) is 0 Å². The zero-order chi connectivity index (χ0) is 19.2. The summed E-state index contributed by atoms with van der Waals surface area (Å²) in [6.45, 7) is 4.69. The maximum Gasteiger partial charge on any atom is 0.0622 e. The number of unbranched alkanes of at least 4 members (excludes halogenated alkanes) is 1. The molecule has 1 aliphatic heterocycles. The maximum absolute atomic E-state index is 5.74. The zero-order valence-corrected chi connectivity index (χ0v) is 16.5. The molecule has 0 spiro atoms. The molecule has 1 aromatic heterocycles. The summed E-state index contributed by atoms with van der Waals surface area (Å²) in [4.78, 5) is 7.27. The van der Waals surface area contributed by atoms with Crippen LogP contribution in [0, 0.1) is 0 Å². The normalized spacial score (nSPS) is 16.4. The number of rotatable bonds is 8. The lowest BCUT2D eigenvalue weighted by molar-refractivity contribution is 0.223. The monoisotopic (exact) mass is 374 g/mol. The molecule has 0 radical (unpaired) electrons. The summed E-state index contributed by atoms with van der Waals surface area (Å²) < 4.78 is 0. The number of nitrogens with two attached hydrogens (primary N) is 1. The van der Waals surface area contributed by atoms with Gasteiger partial charge < -0.3 is 11.1 Å². The Kier molecular flexibility index (Phi) is 6.32. The van der Waals surface area contributed by atoms with E-state index in [1.165, 1.54) is 27.6 Å². The van der Waals surface area contributed by atoms with Crippen molar-refractivity contribution < 1.29 is 0 Å². The van der Waals surface area contributed by atoms with Crippen LogP contribution in [0.4, 0.5) is 0 Å². The Morgan fingerprint density at radius 1 is 1.00 bits per heavy atom. The largest absolute Gasteiger partial charge is 0.330 e. The van der Waals surface area contributed by atoms with Gasteiger partial charge in [-0.05, 0) is 54.9 Å². The molecule has 28 heavy (non-hydrogen) atoms. The lowest BCUT2D eigenvalue weighted by Crippen LogP contribution is -2.44. The molecule has 146 valence electrons. The fourth-order valence-electron chi connectivity index (χ4n) is 4.20. The van der Waals surface area contributed by atoms with Gasteiger partial charge in [0.05, 0.1) is 5.69 Å². The molecule has 3 aromatic rings. The van der Waals surface area contributed by atoms with Crippen molar-refractivity contribution in [2.24, 2.45) is 5.73 Å². The number of fused-ring (bicyclic) bond motifs is 2. The Bertz CT molecular complexity index is 903. The molecule has 0 unspecified atom stereocenters. The number of pyridine rings is 1. The van der Waals surface area contributed by atoms with Gasteiger partial charge in [0.15, 0.2) is 0 Å². The van der Waals surface area contributed by atoms with Crippen LogP contribution >= 0.6 is 0 Å². The average molecular weight is 375 g/mol. The summed E-state index contributed by atoms with van der Waals surface area (Å²) in [5.74, 6) is 0. The van der Waals surface area contributed by atoms with E-state index in [0.717, 1.165) is 52.0 Å². The van der Waals surface area contributed by atoms with Gasteiger partial charge in [-0.3, -0.25) is 9.88 Å². The molecule has 0 saturated carbocycles. The van der Waals surface area contributed by atoms with E-state index in [-0.39, 0.29) is 0 Å². The number of hydrogen-bond donors (Lipinski definition) is 2. The third-order valence-electron chi connectivity index (χ3n) is 5.70. The first kappa shape index (κ1) is 19.1. The molecule has 0 aliphatic carbocycles. The van der Waals surface area contributed by atoms with E-state index < -0.39 is 0 Å². The van der Waals surface area contributed by atoms with E-state index in [1.807, 2.05) is 6.20 Å². The van der Waals surface area contributed by atoms with Crippen LogP contribution in [0.25, 0.3) is 10.8 Å². The molecule has 4 nitrogen and oxygen atoms in total. The first-order chi connectivity index (χ1) is 13.8. The van der Waals surface area contributed by atoms with Crippen molar-refractivity contribution in [2.45, 2.75) is 38.4 Å². The minimum absolute atomic E-state index is 0.475. The Balaban J connectivity index is 1.49. The zero-order valence-electron chi connectivity index (χ0n) is 16.5. The van der Waals surface area contributed by atoms with Gasteiger partial charge in [0.25, 0.3) is 0 Å². The summed E-state index contributed by atoms with van der Waals surface area (Å²) in [5, 5.41) is 6.26. The quantitative estimate of drug-likeness (QED) is 0.593. The van der Waals surface area contributed by atoms with Crippen LogP contribution in [0.5, 0.6) is 0 Å². The van der Waals surface area contributed by atoms with E-state index in [9.17, 15) is 0 Å². The van der Waals surface area contributed by atoms with Gasteiger partial charge in [-0.1, -0.05) is 48.5 Å². The van der Waals surface area contributed by atoms with Crippen molar-refractivity contribution in [1.29, 1.82) is 0 Å². The predicted molar refractivity (Wildman–Crippen MR) is 116 cm³/mol. The lowest BCUT2D eigenvalue weighted by Gasteiger charge is -2.32. The van der Waals surface area contributed by atoms with E-state index in [4.69, 9.17) is 10.7 Å². The summed E-state index contributed by atoms with van der Waals surface area (Å²) in [5.41, 5.74) is 9.82. The second-order valence-electron chi connectivity index (χ2n) is 7.76. The molecule has 1 atom stereocenters. The van der Waals surface area contributed by atoms with Crippen molar-refractivity contribution in [2.75, 3.05) is 19.6 Å². The number of nitrogens with one attached hydrogen (secondary N) is 1. The number of nitrogens with zero attached hydrogens (tertiary/aromatic N) is 2. The molecule has 2 aromatic carbocycles. The van der Waals surface area contributed by atoms with Gasteiger partial charge in [0.2, 0.25) is 0 Å². The van der Waals surface area contributed by atoms with Crippen LogP contribution in [-0.2, 0) is 19.5 Å². The SMILES string of the molecule is NCCCCN(Cc1nccc2ccccc12)C[C@H]1Cc2ccccc2CN1. The maximum atomic E-state index is 5.74. The standard InChI is InChI=1S/C24H30N4/c25-12-5-6-14-28(17-22-15-20-8-1-2-9-21(20)16-27-22)18-24-23-10-4-3-7-19(23)11-13-26-24/h1-4,7-11,13,22,27H,5-6,12,14-18,25H2/t22-/m1/s1. The molecular weight excluding hydrogens is 344 g/mol. The molecular formula is C24H30N4. The van der Waals surface area contributed by atoms with E-state index in [1.54, 1.807) is 0 Å². The molecule has 0 saturated heterocycles. The highest BCUT2D eigenvalue weighted by Gasteiger charge is 2.20. The van der Waals surface area contributed by atoms with Crippen molar-refractivity contribution in [3.63, 3.8) is 0 Å². The third-order valence-corrected chi connectivity index (χ3v) is 5.70. The van der Waals surface area contributed by atoms with Gasteiger partial charge in [-0.15, -0.1) is 0 Å².